The number of benzene rings is 1. The molecule has 2 aromatic rings. The van der Waals surface area contributed by atoms with Gasteiger partial charge in [-0.1, -0.05) is 48.8 Å². The molecule has 0 bridgehead atoms. The Bertz CT molecular complexity index is 885. The Kier molecular flexibility index (Phi) is 7.56. The van der Waals surface area contributed by atoms with E-state index in [-0.39, 0.29) is 23.7 Å². The molecular formula is C23H33N5O3. The van der Waals surface area contributed by atoms with E-state index in [0.29, 0.717) is 18.3 Å². The highest BCUT2D eigenvalue weighted by Crippen LogP contribution is 2.23. The Morgan fingerprint density at radius 2 is 1.74 bits per heavy atom. The number of ketones is 1. The highest BCUT2D eigenvalue weighted by Gasteiger charge is 2.28. The molecule has 0 radical (unpaired) electrons. The lowest BCUT2D eigenvalue weighted by molar-refractivity contribution is -0.128. The number of nitrogens with zero attached hydrogens (tertiary/aromatic N) is 4. The average Bonchev–Trinajstić information content (AvgIpc) is 3.22. The third-order valence-electron chi connectivity index (χ3n) is 5.85. The number of nitrogens with one attached hydrogen (secondary N) is 1. The summed E-state index contributed by atoms with van der Waals surface area (Å²) in [5.74, 6) is 1.17. The van der Waals surface area contributed by atoms with Crippen LogP contribution in [0.25, 0.3) is 11.4 Å². The number of aryl methyl sites for hydroxylation is 1. The van der Waals surface area contributed by atoms with Crippen molar-refractivity contribution in [3.63, 3.8) is 0 Å². The monoisotopic (exact) mass is 427 g/mol. The van der Waals surface area contributed by atoms with Crippen molar-refractivity contribution in [2.45, 2.75) is 46.7 Å². The summed E-state index contributed by atoms with van der Waals surface area (Å²) >= 11 is 0. The molecule has 2 unspecified atom stereocenters. The van der Waals surface area contributed by atoms with Crippen LogP contribution in [0.3, 0.4) is 0 Å². The maximum absolute atomic E-state index is 12.4. The number of carbonyl (C=O) groups is 2. The fourth-order valence-corrected chi connectivity index (χ4v) is 3.85. The van der Waals surface area contributed by atoms with Crippen LogP contribution < -0.4 is 5.32 Å². The molecule has 1 saturated heterocycles. The summed E-state index contributed by atoms with van der Waals surface area (Å²) in [5.41, 5.74) is 2.13. The van der Waals surface area contributed by atoms with E-state index >= 15 is 0 Å². The maximum Gasteiger partial charge on any atom is 0.244 e. The first-order valence-corrected chi connectivity index (χ1v) is 10.9. The van der Waals surface area contributed by atoms with Crippen molar-refractivity contribution in [2.75, 3.05) is 32.7 Å². The predicted octanol–water partition coefficient (Wildman–Crippen LogP) is 2.45. The number of rotatable bonds is 8. The van der Waals surface area contributed by atoms with Gasteiger partial charge in [-0.25, -0.2) is 0 Å². The largest absolute Gasteiger partial charge is 0.345 e. The topological polar surface area (TPSA) is 91.6 Å². The third kappa shape index (κ3) is 5.98. The number of hydrogen-bond donors (Lipinski definition) is 1. The summed E-state index contributed by atoms with van der Waals surface area (Å²) < 4.78 is 5.53. The second-order valence-electron chi connectivity index (χ2n) is 8.71. The molecule has 8 heteroatoms. The zero-order valence-electron chi connectivity index (χ0n) is 19.1. The van der Waals surface area contributed by atoms with E-state index in [2.05, 4.69) is 32.2 Å². The first-order chi connectivity index (χ1) is 14.7. The van der Waals surface area contributed by atoms with E-state index in [4.69, 9.17) is 4.52 Å². The summed E-state index contributed by atoms with van der Waals surface area (Å²) in [5, 5.41) is 7.01. The third-order valence-corrected chi connectivity index (χ3v) is 5.85. The van der Waals surface area contributed by atoms with Gasteiger partial charge < -0.3 is 9.84 Å². The van der Waals surface area contributed by atoms with Crippen LogP contribution in [0.5, 0.6) is 0 Å². The quantitative estimate of drug-likeness (QED) is 0.692. The maximum atomic E-state index is 12.4. The highest BCUT2D eigenvalue weighted by molar-refractivity contribution is 5.88. The minimum Gasteiger partial charge on any atom is -0.345 e. The van der Waals surface area contributed by atoms with Gasteiger partial charge in [0.25, 0.3) is 0 Å². The molecule has 1 fully saturated rings. The molecule has 1 aromatic carbocycles. The fourth-order valence-electron chi connectivity index (χ4n) is 3.85. The van der Waals surface area contributed by atoms with Gasteiger partial charge >= 0.3 is 0 Å². The van der Waals surface area contributed by atoms with Crippen molar-refractivity contribution in [1.82, 2.24) is 25.3 Å². The average molecular weight is 428 g/mol. The molecule has 0 saturated carbocycles. The van der Waals surface area contributed by atoms with E-state index in [1.807, 2.05) is 45.0 Å². The SMILES string of the molecule is CC(=O)C(NC(=O)CN1CCN(C(C)c2nc(-c3ccc(C)cc3)no2)CC1)C(C)C. The molecule has 2 heterocycles. The molecular weight excluding hydrogens is 394 g/mol. The normalized spacial score (nSPS) is 17.5. The molecule has 1 aliphatic heterocycles. The van der Waals surface area contributed by atoms with Gasteiger partial charge in [-0.2, -0.15) is 4.98 Å². The smallest absolute Gasteiger partial charge is 0.244 e. The lowest BCUT2D eigenvalue weighted by Crippen LogP contribution is -2.52. The second kappa shape index (κ2) is 10.2. The summed E-state index contributed by atoms with van der Waals surface area (Å²) in [6.45, 7) is 12.9. The Hall–Kier alpha value is -2.58. The van der Waals surface area contributed by atoms with Gasteiger partial charge in [-0.3, -0.25) is 19.4 Å². The van der Waals surface area contributed by atoms with Crippen molar-refractivity contribution < 1.29 is 14.1 Å². The van der Waals surface area contributed by atoms with Gasteiger partial charge in [0.15, 0.2) is 5.78 Å². The van der Waals surface area contributed by atoms with Crippen molar-refractivity contribution in [3.8, 4) is 11.4 Å². The van der Waals surface area contributed by atoms with Gasteiger partial charge in [0.2, 0.25) is 17.6 Å². The summed E-state index contributed by atoms with van der Waals surface area (Å²) in [7, 11) is 0. The van der Waals surface area contributed by atoms with Gasteiger partial charge in [0.1, 0.15) is 0 Å². The van der Waals surface area contributed by atoms with Crippen LogP contribution in [-0.2, 0) is 9.59 Å². The molecule has 2 atom stereocenters. The van der Waals surface area contributed by atoms with Crippen LogP contribution >= 0.6 is 0 Å². The number of piperazine rings is 1. The van der Waals surface area contributed by atoms with Gasteiger partial charge in [0.05, 0.1) is 18.6 Å². The number of aromatic nitrogens is 2. The number of Topliss-reactive ketones (excluding diaryl/α,β-unsaturated/α-hetero) is 1. The molecule has 1 N–H and O–H groups in total. The number of carbonyl (C=O) groups excluding carboxylic acids is 2. The van der Waals surface area contributed by atoms with Crippen LogP contribution in [0, 0.1) is 12.8 Å². The summed E-state index contributed by atoms with van der Waals surface area (Å²) in [6, 6.07) is 7.64. The van der Waals surface area contributed by atoms with Crippen molar-refractivity contribution in [3.05, 3.63) is 35.7 Å². The summed E-state index contributed by atoms with van der Waals surface area (Å²) in [4.78, 5) is 33.1. The van der Waals surface area contributed by atoms with Crippen molar-refractivity contribution in [1.29, 1.82) is 0 Å². The number of amides is 1. The van der Waals surface area contributed by atoms with E-state index in [9.17, 15) is 9.59 Å². The van der Waals surface area contributed by atoms with Gasteiger partial charge in [-0.15, -0.1) is 0 Å². The Morgan fingerprint density at radius 1 is 1.10 bits per heavy atom. The summed E-state index contributed by atoms with van der Waals surface area (Å²) in [6.07, 6.45) is 0. The first kappa shape index (κ1) is 23.1. The zero-order chi connectivity index (χ0) is 22.5. The number of hydrogen-bond acceptors (Lipinski definition) is 7. The Balaban J connectivity index is 1.51. The van der Waals surface area contributed by atoms with E-state index in [0.717, 1.165) is 31.7 Å². The lowest BCUT2D eigenvalue weighted by Gasteiger charge is -2.36. The zero-order valence-corrected chi connectivity index (χ0v) is 19.1. The van der Waals surface area contributed by atoms with Gasteiger partial charge in [-0.05, 0) is 26.7 Å². The second-order valence-corrected chi connectivity index (χ2v) is 8.71. The molecule has 0 aliphatic carbocycles. The molecule has 31 heavy (non-hydrogen) atoms. The highest BCUT2D eigenvalue weighted by atomic mass is 16.5. The molecule has 168 valence electrons. The molecule has 3 rings (SSSR count). The van der Waals surface area contributed by atoms with Crippen LogP contribution in [0.4, 0.5) is 0 Å². The van der Waals surface area contributed by atoms with Crippen LogP contribution in [0.2, 0.25) is 0 Å². The van der Waals surface area contributed by atoms with Crippen LogP contribution in [0.1, 0.15) is 45.2 Å². The Morgan fingerprint density at radius 3 is 2.32 bits per heavy atom. The molecule has 1 aliphatic rings. The first-order valence-electron chi connectivity index (χ1n) is 10.9. The van der Waals surface area contributed by atoms with E-state index in [1.54, 1.807) is 0 Å². The molecule has 1 amide bonds. The van der Waals surface area contributed by atoms with E-state index in [1.165, 1.54) is 12.5 Å². The van der Waals surface area contributed by atoms with Crippen LogP contribution in [0.15, 0.2) is 28.8 Å². The standard InChI is InChI=1S/C23H33N5O3/c1-15(2)21(18(5)29)24-20(30)14-27-10-12-28(13-11-27)17(4)23-25-22(26-31-23)19-8-6-16(3)7-9-19/h6-9,15,17,21H,10-14H2,1-5H3,(H,24,30). The minimum absolute atomic E-state index is 0.00529. The Labute approximate surface area is 184 Å². The molecule has 1 aromatic heterocycles. The minimum atomic E-state index is -0.422. The van der Waals surface area contributed by atoms with Crippen molar-refractivity contribution >= 4 is 11.7 Å². The molecule has 0 spiro atoms. The van der Waals surface area contributed by atoms with Gasteiger partial charge in [0, 0.05) is 31.7 Å². The lowest BCUT2D eigenvalue weighted by atomic mass is 10.0. The predicted molar refractivity (Wildman–Crippen MR) is 118 cm³/mol. The van der Waals surface area contributed by atoms with Crippen LogP contribution in [-0.4, -0.2) is 70.4 Å². The molecule has 8 nitrogen and oxygen atoms in total. The van der Waals surface area contributed by atoms with Crippen molar-refractivity contribution in [2.24, 2.45) is 5.92 Å². The fraction of sp³-hybridized carbons (Fsp3) is 0.565. The van der Waals surface area contributed by atoms with E-state index < -0.39 is 6.04 Å².